The van der Waals surface area contributed by atoms with Gasteiger partial charge in [-0.3, -0.25) is 10.1 Å². The maximum Gasteiger partial charge on any atom is 0.338 e. The van der Waals surface area contributed by atoms with Crippen LogP contribution < -0.4 is 5.32 Å². The van der Waals surface area contributed by atoms with Crippen LogP contribution in [0.15, 0.2) is 60.9 Å². The van der Waals surface area contributed by atoms with Crippen LogP contribution in [0.25, 0.3) is 21.6 Å². The van der Waals surface area contributed by atoms with Gasteiger partial charge in [-0.25, -0.2) is 19.7 Å². The lowest BCUT2D eigenvalue weighted by Crippen LogP contribution is -2.12. The van der Waals surface area contributed by atoms with E-state index in [9.17, 15) is 9.59 Å². The van der Waals surface area contributed by atoms with Gasteiger partial charge in [-0.2, -0.15) is 0 Å². The van der Waals surface area contributed by atoms with Gasteiger partial charge < -0.3 is 4.74 Å². The zero-order valence-electron chi connectivity index (χ0n) is 15.5. The second-order valence-electron chi connectivity index (χ2n) is 6.04. The number of amides is 1. The summed E-state index contributed by atoms with van der Waals surface area (Å²) in [4.78, 5) is 37.3. The minimum Gasteiger partial charge on any atom is -0.462 e. The summed E-state index contributed by atoms with van der Waals surface area (Å²) in [5.41, 5.74) is 2.25. The van der Waals surface area contributed by atoms with Crippen LogP contribution in [0.4, 0.5) is 5.13 Å². The standard InChI is InChI=1S/C21H16N4O3S/c1-2-28-20(27)14-8-9-17-16(10-14)24-21(29-17)25-19(26)15-11-22-18(23-12-15)13-6-4-3-5-7-13/h3-12H,2H2,1H3,(H,24,25,26). The first kappa shape index (κ1) is 18.7. The summed E-state index contributed by atoms with van der Waals surface area (Å²) < 4.78 is 5.85. The van der Waals surface area contributed by atoms with Crippen molar-refractivity contribution in [3.8, 4) is 11.4 Å². The van der Waals surface area contributed by atoms with Crippen LogP contribution in [0.5, 0.6) is 0 Å². The molecule has 2 aromatic carbocycles. The van der Waals surface area contributed by atoms with E-state index in [1.165, 1.54) is 23.7 Å². The van der Waals surface area contributed by atoms with Crippen LogP contribution in [-0.2, 0) is 4.74 Å². The predicted molar refractivity (Wildman–Crippen MR) is 111 cm³/mol. The molecule has 144 valence electrons. The van der Waals surface area contributed by atoms with Crippen molar-refractivity contribution in [3.63, 3.8) is 0 Å². The molecule has 2 aromatic heterocycles. The smallest absolute Gasteiger partial charge is 0.338 e. The Labute approximate surface area is 170 Å². The van der Waals surface area contributed by atoms with Crippen molar-refractivity contribution < 1.29 is 14.3 Å². The van der Waals surface area contributed by atoms with E-state index in [-0.39, 0.29) is 5.91 Å². The van der Waals surface area contributed by atoms with Gasteiger partial charge in [-0.15, -0.1) is 0 Å². The van der Waals surface area contributed by atoms with Gasteiger partial charge in [0.05, 0.1) is 28.0 Å². The van der Waals surface area contributed by atoms with Gasteiger partial charge in [0.1, 0.15) is 0 Å². The lowest BCUT2D eigenvalue weighted by atomic mass is 10.2. The number of fused-ring (bicyclic) bond motifs is 1. The summed E-state index contributed by atoms with van der Waals surface area (Å²) in [6.07, 6.45) is 2.97. The van der Waals surface area contributed by atoms with Crippen molar-refractivity contribution in [1.82, 2.24) is 15.0 Å². The number of ether oxygens (including phenoxy) is 1. The average molecular weight is 404 g/mol. The summed E-state index contributed by atoms with van der Waals surface area (Å²) in [5.74, 6) is -0.202. The van der Waals surface area contributed by atoms with Crippen molar-refractivity contribution >= 4 is 38.6 Å². The minimum atomic E-state index is -0.399. The fourth-order valence-electron chi connectivity index (χ4n) is 2.67. The molecule has 4 rings (SSSR count). The zero-order chi connectivity index (χ0) is 20.2. The predicted octanol–water partition coefficient (Wildman–Crippen LogP) is 4.18. The Bertz CT molecular complexity index is 1170. The first-order valence-electron chi connectivity index (χ1n) is 8.90. The summed E-state index contributed by atoms with van der Waals surface area (Å²) in [6.45, 7) is 2.06. The van der Waals surface area contributed by atoms with E-state index in [2.05, 4.69) is 20.3 Å². The van der Waals surface area contributed by atoms with Gasteiger partial charge >= 0.3 is 5.97 Å². The number of nitrogens with zero attached hydrogens (tertiary/aromatic N) is 3. The molecule has 0 aliphatic rings. The van der Waals surface area contributed by atoms with Gasteiger partial charge in [-0.05, 0) is 25.1 Å². The van der Waals surface area contributed by atoms with Gasteiger partial charge in [0, 0.05) is 18.0 Å². The third-order valence-electron chi connectivity index (χ3n) is 4.07. The molecule has 0 atom stereocenters. The van der Waals surface area contributed by atoms with Crippen molar-refractivity contribution in [3.05, 3.63) is 72.1 Å². The lowest BCUT2D eigenvalue weighted by molar-refractivity contribution is 0.0526. The summed E-state index contributed by atoms with van der Waals surface area (Å²) >= 11 is 1.32. The van der Waals surface area contributed by atoms with Crippen LogP contribution in [0.3, 0.4) is 0 Å². The number of anilines is 1. The second-order valence-corrected chi connectivity index (χ2v) is 7.07. The lowest BCUT2D eigenvalue weighted by Gasteiger charge is -2.03. The van der Waals surface area contributed by atoms with Crippen molar-refractivity contribution in [1.29, 1.82) is 0 Å². The molecule has 0 bridgehead atoms. The van der Waals surface area contributed by atoms with Gasteiger partial charge in [0.25, 0.3) is 5.91 Å². The molecule has 8 heteroatoms. The van der Waals surface area contributed by atoms with Gasteiger partial charge in [0.15, 0.2) is 11.0 Å². The van der Waals surface area contributed by atoms with Crippen LogP contribution in [-0.4, -0.2) is 33.4 Å². The Hall–Kier alpha value is -3.65. The highest BCUT2D eigenvalue weighted by atomic mass is 32.1. The summed E-state index contributed by atoms with van der Waals surface area (Å²) in [7, 11) is 0. The minimum absolute atomic E-state index is 0.306. The zero-order valence-corrected chi connectivity index (χ0v) is 16.3. The molecule has 0 saturated heterocycles. The molecule has 29 heavy (non-hydrogen) atoms. The number of nitrogens with one attached hydrogen (secondary N) is 1. The maximum absolute atomic E-state index is 12.5. The SMILES string of the molecule is CCOC(=O)c1ccc2sc(NC(=O)c3cnc(-c4ccccc4)nc3)nc2c1. The van der Waals surface area contributed by atoms with E-state index in [1.807, 2.05) is 30.3 Å². The number of rotatable bonds is 5. The molecule has 0 unspecified atom stereocenters. The number of hydrogen-bond acceptors (Lipinski definition) is 7. The van der Waals surface area contributed by atoms with Crippen LogP contribution in [0.2, 0.25) is 0 Å². The Kier molecular flexibility index (Phi) is 5.26. The van der Waals surface area contributed by atoms with E-state index >= 15 is 0 Å². The highest BCUT2D eigenvalue weighted by Gasteiger charge is 2.13. The molecule has 2 heterocycles. The number of thiazole rings is 1. The molecule has 0 saturated carbocycles. The fraction of sp³-hybridized carbons (Fsp3) is 0.0952. The van der Waals surface area contributed by atoms with E-state index in [1.54, 1.807) is 25.1 Å². The number of esters is 1. The second kappa shape index (κ2) is 8.15. The summed E-state index contributed by atoms with van der Waals surface area (Å²) in [5, 5.41) is 3.18. The maximum atomic E-state index is 12.5. The van der Waals surface area contributed by atoms with Crippen molar-refractivity contribution in [2.24, 2.45) is 0 Å². The Morgan fingerprint density at radius 3 is 2.52 bits per heavy atom. The number of carbonyl (C=O) groups excluding carboxylic acids is 2. The number of benzene rings is 2. The molecule has 4 aromatic rings. The van der Waals surface area contributed by atoms with Crippen LogP contribution in [0, 0.1) is 0 Å². The van der Waals surface area contributed by atoms with Crippen molar-refractivity contribution in [2.45, 2.75) is 6.92 Å². The Balaban J connectivity index is 1.50. The molecular weight excluding hydrogens is 388 g/mol. The molecule has 1 N–H and O–H groups in total. The Morgan fingerprint density at radius 1 is 1.03 bits per heavy atom. The van der Waals surface area contributed by atoms with E-state index in [0.29, 0.717) is 34.2 Å². The first-order valence-corrected chi connectivity index (χ1v) is 9.72. The van der Waals surface area contributed by atoms with E-state index in [0.717, 1.165) is 10.3 Å². The normalized spacial score (nSPS) is 10.7. The summed E-state index contributed by atoms with van der Waals surface area (Å²) in [6, 6.07) is 14.6. The quantitative estimate of drug-likeness (QED) is 0.502. The highest BCUT2D eigenvalue weighted by molar-refractivity contribution is 7.22. The van der Waals surface area contributed by atoms with Crippen LogP contribution >= 0.6 is 11.3 Å². The molecule has 0 radical (unpaired) electrons. The average Bonchev–Trinajstić information content (AvgIpc) is 3.16. The third kappa shape index (κ3) is 4.12. The molecule has 7 nitrogen and oxygen atoms in total. The topological polar surface area (TPSA) is 94.1 Å². The molecule has 1 amide bonds. The number of carbonyl (C=O) groups is 2. The molecule has 0 fully saturated rings. The third-order valence-corrected chi connectivity index (χ3v) is 5.02. The van der Waals surface area contributed by atoms with Crippen LogP contribution in [0.1, 0.15) is 27.6 Å². The first-order chi connectivity index (χ1) is 14.1. The largest absolute Gasteiger partial charge is 0.462 e. The molecule has 0 spiro atoms. The molecular formula is C21H16N4O3S. The monoisotopic (exact) mass is 404 g/mol. The molecule has 0 aliphatic carbocycles. The number of hydrogen-bond donors (Lipinski definition) is 1. The fourth-order valence-corrected chi connectivity index (χ4v) is 3.51. The van der Waals surface area contributed by atoms with E-state index in [4.69, 9.17) is 4.74 Å². The van der Waals surface area contributed by atoms with Gasteiger partial charge in [0.2, 0.25) is 0 Å². The molecule has 0 aliphatic heterocycles. The number of aromatic nitrogens is 3. The van der Waals surface area contributed by atoms with E-state index < -0.39 is 5.97 Å². The Morgan fingerprint density at radius 2 is 1.79 bits per heavy atom. The van der Waals surface area contributed by atoms with Gasteiger partial charge in [-0.1, -0.05) is 41.7 Å². The van der Waals surface area contributed by atoms with Crippen molar-refractivity contribution in [2.75, 3.05) is 11.9 Å². The highest BCUT2D eigenvalue weighted by Crippen LogP contribution is 2.27.